The minimum Gasteiger partial charge on any atom is -0.341 e. The second kappa shape index (κ2) is 8.13. The average molecular weight is 541 g/mol. The third-order valence-electron chi connectivity index (χ3n) is 7.71. The van der Waals surface area contributed by atoms with Crippen LogP contribution in [0, 0.1) is 5.41 Å². The fourth-order valence-electron chi connectivity index (χ4n) is 5.87. The molecule has 3 aromatic carbocycles. The van der Waals surface area contributed by atoms with Crippen LogP contribution in [0.5, 0.6) is 0 Å². The van der Waals surface area contributed by atoms with Crippen LogP contribution >= 0.6 is 39.1 Å². The van der Waals surface area contributed by atoms with E-state index in [-0.39, 0.29) is 10.8 Å². The summed E-state index contributed by atoms with van der Waals surface area (Å²) in [5.41, 5.74) is 4.65. The third kappa shape index (κ3) is 3.63. The molecule has 1 unspecified atom stereocenters. The normalized spacial score (nSPS) is 22.2. The Kier molecular flexibility index (Phi) is 5.34. The first-order valence-corrected chi connectivity index (χ1v) is 12.9. The van der Waals surface area contributed by atoms with Gasteiger partial charge in [-0.2, -0.15) is 0 Å². The molecule has 1 saturated carbocycles. The highest BCUT2D eigenvalue weighted by Crippen LogP contribution is 2.72. The molecule has 33 heavy (non-hydrogen) atoms. The van der Waals surface area contributed by atoms with Crippen molar-refractivity contribution in [2.75, 3.05) is 13.1 Å². The van der Waals surface area contributed by atoms with Crippen LogP contribution in [-0.4, -0.2) is 28.0 Å². The predicted molar refractivity (Wildman–Crippen MR) is 139 cm³/mol. The first-order valence-electron chi connectivity index (χ1n) is 11.4. The monoisotopic (exact) mass is 539 g/mol. The maximum atomic E-state index is 6.30. The van der Waals surface area contributed by atoms with E-state index in [9.17, 15) is 0 Å². The standard InChI is InChI=1S/C27H24BrCl2N3/c28-20-8-6-19(7-9-20)27(25-31-23-14-21(29)22(30)15-24(23)32-25)17-26(27)10-12-33(13-11-26)16-18-4-2-1-3-5-18/h1-9,14-15H,10-13,16-17H2,(H,31,32). The number of nitrogens with zero attached hydrogens (tertiary/aromatic N) is 2. The third-order valence-corrected chi connectivity index (χ3v) is 8.96. The van der Waals surface area contributed by atoms with Crippen molar-refractivity contribution in [1.82, 2.24) is 14.9 Å². The maximum Gasteiger partial charge on any atom is 0.118 e. The molecule has 1 N–H and O–H groups in total. The zero-order valence-electron chi connectivity index (χ0n) is 18.1. The molecule has 1 spiro atoms. The van der Waals surface area contributed by atoms with E-state index in [1.807, 2.05) is 12.1 Å². The highest BCUT2D eigenvalue weighted by molar-refractivity contribution is 9.10. The fraction of sp³-hybridized carbons (Fsp3) is 0.296. The average Bonchev–Trinajstić information content (AvgIpc) is 3.28. The minimum absolute atomic E-state index is 0.107. The Morgan fingerprint density at radius 3 is 2.36 bits per heavy atom. The summed E-state index contributed by atoms with van der Waals surface area (Å²) in [6.45, 7) is 3.22. The van der Waals surface area contributed by atoms with Gasteiger partial charge in [0.05, 0.1) is 26.5 Å². The largest absolute Gasteiger partial charge is 0.341 e. The highest BCUT2D eigenvalue weighted by Gasteiger charge is 2.70. The van der Waals surface area contributed by atoms with E-state index in [0.717, 1.165) is 60.2 Å². The number of nitrogens with one attached hydrogen (secondary N) is 1. The summed E-state index contributed by atoms with van der Waals surface area (Å²) >= 11 is 16.2. The highest BCUT2D eigenvalue weighted by atomic mass is 79.9. The molecular weight excluding hydrogens is 517 g/mol. The summed E-state index contributed by atoms with van der Waals surface area (Å²) in [7, 11) is 0. The molecule has 3 nitrogen and oxygen atoms in total. The number of aromatic nitrogens is 2. The molecule has 2 heterocycles. The number of hydrogen-bond donors (Lipinski definition) is 1. The number of fused-ring (bicyclic) bond motifs is 1. The molecule has 2 aliphatic rings. The minimum atomic E-state index is -0.107. The molecule has 1 saturated heterocycles. The molecule has 0 bridgehead atoms. The Morgan fingerprint density at radius 1 is 0.939 bits per heavy atom. The van der Waals surface area contributed by atoms with E-state index in [4.69, 9.17) is 28.2 Å². The van der Waals surface area contributed by atoms with Crippen LogP contribution < -0.4 is 0 Å². The quantitative estimate of drug-likeness (QED) is 0.289. The number of likely N-dealkylation sites (tertiary alicyclic amines) is 1. The van der Waals surface area contributed by atoms with Gasteiger partial charge in [0.15, 0.2) is 0 Å². The van der Waals surface area contributed by atoms with Crippen molar-refractivity contribution >= 4 is 50.2 Å². The first-order chi connectivity index (χ1) is 16.0. The van der Waals surface area contributed by atoms with Gasteiger partial charge in [-0.3, -0.25) is 4.90 Å². The van der Waals surface area contributed by atoms with Crippen molar-refractivity contribution in [3.63, 3.8) is 0 Å². The van der Waals surface area contributed by atoms with E-state index in [0.29, 0.717) is 10.0 Å². The van der Waals surface area contributed by atoms with Crippen molar-refractivity contribution in [2.24, 2.45) is 5.41 Å². The summed E-state index contributed by atoms with van der Waals surface area (Å²) < 4.78 is 1.09. The van der Waals surface area contributed by atoms with Gasteiger partial charge in [0.25, 0.3) is 0 Å². The zero-order valence-corrected chi connectivity index (χ0v) is 21.2. The number of imidazole rings is 1. The molecule has 0 amide bonds. The number of piperidine rings is 1. The lowest BCUT2D eigenvalue weighted by Gasteiger charge is -2.35. The lowest BCUT2D eigenvalue weighted by Crippen LogP contribution is -2.37. The van der Waals surface area contributed by atoms with Crippen molar-refractivity contribution in [3.8, 4) is 0 Å². The molecule has 0 radical (unpaired) electrons. The van der Waals surface area contributed by atoms with Crippen molar-refractivity contribution in [3.05, 3.63) is 98.2 Å². The van der Waals surface area contributed by atoms with E-state index in [1.165, 1.54) is 11.1 Å². The summed E-state index contributed by atoms with van der Waals surface area (Å²) in [5.74, 6) is 1.04. The van der Waals surface area contributed by atoms with E-state index in [1.54, 1.807) is 0 Å². The summed E-state index contributed by atoms with van der Waals surface area (Å²) in [5, 5.41) is 1.09. The van der Waals surface area contributed by atoms with E-state index < -0.39 is 0 Å². The molecule has 6 rings (SSSR count). The van der Waals surface area contributed by atoms with Crippen LogP contribution in [0.1, 0.15) is 36.2 Å². The topological polar surface area (TPSA) is 31.9 Å². The van der Waals surface area contributed by atoms with Crippen LogP contribution in [0.15, 0.2) is 71.2 Å². The molecule has 4 aromatic rings. The van der Waals surface area contributed by atoms with Gasteiger partial charge in [-0.05, 0) is 73.2 Å². The molecule has 168 valence electrons. The van der Waals surface area contributed by atoms with Gasteiger partial charge < -0.3 is 4.98 Å². The van der Waals surface area contributed by atoms with Crippen molar-refractivity contribution in [2.45, 2.75) is 31.2 Å². The molecule has 6 heteroatoms. The van der Waals surface area contributed by atoms with Gasteiger partial charge in [-0.15, -0.1) is 0 Å². The SMILES string of the molecule is Clc1cc2nc(C3(c4ccc(Br)cc4)CC34CCN(Cc3ccccc3)CC4)[nH]c2cc1Cl. The van der Waals surface area contributed by atoms with Gasteiger partial charge in [0, 0.05) is 11.0 Å². The Bertz CT molecular complexity index is 1270. The van der Waals surface area contributed by atoms with Crippen LogP contribution in [0.4, 0.5) is 0 Å². The van der Waals surface area contributed by atoms with Crippen LogP contribution in [0.3, 0.4) is 0 Å². The molecule has 1 aliphatic heterocycles. The van der Waals surface area contributed by atoms with Crippen LogP contribution in [-0.2, 0) is 12.0 Å². The fourth-order valence-corrected chi connectivity index (χ4v) is 6.45. The van der Waals surface area contributed by atoms with E-state index >= 15 is 0 Å². The molecule has 2 fully saturated rings. The Balaban J connectivity index is 1.34. The van der Waals surface area contributed by atoms with E-state index in [2.05, 4.69) is 80.4 Å². The predicted octanol–water partition coefficient (Wildman–Crippen LogP) is 7.60. The Hall–Kier alpha value is -1.85. The summed E-state index contributed by atoms with van der Waals surface area (Å²) in [6.07, 6.45) is 3.44. The van der Waals surface area contributed by atoms with Crippen LogP contribution in [0.25, 0.3) is 11.0 Å². The zero-order chi connectivity index (χ0) is 22.6. The van der Waals surface area contributed by atoms with Gasteiger partial charge in [0.2, 0.25) is 0 Å². The van der Waals surface area contributed by atoms with Gasteiger partial charge in [0.1, 0.15) is 5.82 Å². The molecule has 1 aliphatic carbocycles. The molecule has 1 atom stereocenters. The first kappa shape index (κ1) is 21.7. The Morgan fingerprint density at radius 2 is 1.64 bits per heavy atom. The smallest absolute Gasteiger partial charge is 0.118 e. The summed E-state index contributed by atoms with van der Waals surface area (Å²) in [4.78, 5) is 11.3. The van der Waals surface area contributed by atoms with Gasteiger partial charge >= 0.3 is 0 Å². The van der Waals surface area contributed by atoms with Crippen molar-refractivity contribution in [1.29, 1.82) is 0 Å². The summed E-state index contributed by atoms with van der Waals surface area (Å²) in [6, 6.07) is 23.3. The molecule has 1 aromatic heterocycles. The van der Waals surface area contributed by atoms with Gasteiger partial charge in [-0.25, -0.2) is 4.98 Å². The van der Waals surface area contributed by atoms with Crippen LogP contribution in [0.2, 0.25) is 10.0 Å². The lowest BCUT2D eigenvalue weighted by molar-refractivity contribution is 0.154. The number of benzene rings is 3. The number of halogens is 3. The number of rotatable bonds is 4. The Labute approximate surface area is 212 Å². The second-order valence-electron chi connectivity index (χ2n) is 9.50. The number of aromatic amines is 1. The van der Waals surface area contributed by atoms with Gasteiger partial charge in [-0.1, -0.05) is 81.6 Å². The number of hydrogen-bond acceptors (Lipinski definition) is 2. The number of H-pyrrole nitrogens is 1. The molecular formula is C27H24BrCl2N3. The maximum absolute atomic E-state index is 6.30. The second-order valence-corrected chi connectivity index (χ2v) is 11.2. The van der Waals surface area contributed by atoms with Crippen molar-refractivity contribution < 1.29 is 0 Å². The lowest BCUT2D eigenvalue weighted by atomic mass is 9.79.